The first-order valence-electron chi connectivity index (χ1n) is 14.5. The van der Waals surface area contributed by atoms with E-state index in [0.29, 0.717) is 12.5 Å². The number of rotatable bonds is 11. The predicted molar refractivity (Wildman–Crippen MR) is 168 cm³/mol. The molecule has 5 heteroatoms. The summed E-state index contributed by atoms with van der Waals surface area (Å²) in [6.45, 7) is 4.00. The van der Waals surface area contributed by atoms with Gasteiger partial charge in [0.1, 0.15) is 0 Å². The summed E-state index contributed by atoms with van der Waals surface area (Å²) in [7, 11) is 4.16. The Morgan fingerprint density at radius 2 is 1.61 bits per heavy atom. The van der Waals surface area contributed by atoms with Gasteiger partial charge in [-0.1, -0.05) is 85.3 Å². The lowest BCUT2D eigenvalue weighted by atomic mass is 9.73. The Kier molecular flexibility index (Phi) is 9.27. The molecule has 0 bridgehead atoms. The predicted octanol–water partition coefficient (Wildman–Crippen LogP) is 7.45. The molecule has 1 heterocycles. The number of hydrogen-bond donors (Lipinski definition) is 0. The summed E-state index contributed by atoms with van der Waals surface area (Å²) in [6, 6.07) is 28.2. The molecule has 1 aliphatic carbocycles. The second-order valence-corrected chi connectivity index (χ2v) is 10.9. The smallest absolute Gasteiger partial charge is 0.330 e. The van der Waals surface area contributed by atoms with Gasteiger partial charge in [0, 0.05) is 24.4 Å². The Labute approximate surface area is 243 Å². The van der Waals surface area contributed by atoms with Crippen LogP contribution in [0.4, 0.5) is 0 Å². The van der Waals surface area contributed by atoms with Crippen LogP contribution in [0.25, 0.3) is 28.3 Å². The zero-order valence-electron chi connectivity index (χ0n) is 24.3. The van der Waals surface area contributed by atoms with Crippen LogP contribution in [-0.4, -0.2) is 47.9 Å². The number of allylic oxidation sites excluding steroid dienone is 1. The number of carbonyl (C=O) groups excluding carboxylic acids is 1. The van der Waals surface area contributed by atoms with E-state index in [1.54, 1.807) is 0 Å². The second-order valence-electron chi connectivity index (χ2n) is 10.9. The maximum atomic E-state index is 11.8. The van der Waals surface area contributed by atoms with Crippen LogP contribution in [0.3, 0.4) is 0 Å². The summed E-state index contributed by atoms with van der Waals surface area (Å²) in [5.74, 6) is 0.210. The number of ether oxygens (including phenoxy) is 1. The first-order chi connectivity index (χ1) is 20.0. The van der Waals surface area contributed by atoms with Gasteiger partial charge in [0.15, 0.2) is 0 Å². The van der Waals surface area contributed by atoms with Crippen molar-refractivity contribution in [2.45, 2.75) is 32.7 Å². The molecule has 4 aromatic rings. The molecule has 5 rings (SSSR count). The van der Waals surface area contributed by atoms with Crippen molar-refractivity contribution in [3.8, 4) is 11.1 Å². The van der Waals surface area contributed by atoms with E-state index < -0.39 is 0 Å². The van der Waals surface area contributed by atoms with Crippen molar-refractivity contribution in [2.24, 2.45) is 5.92 Å². The first-order valence-corrected chi connectivity index (χ1v) is 14.5. The van der Waals surface area contributed by atoms with Gasteiger partial charge in [0.2, 0.25) is 0 Å². The fourth-order valence-electron chi connectivity index (χ4n) is 5.26. The molecule has 0 saturated heterocycles. The minimum atomic E-state index is -0.322. The van der Waals surface area contributed by atoms with Crippen LogP contribution >= 0.6 is 0 Å². The third kappa shape index (κ3) is 7.11. The number of nitrogens with zero attached hydrogens (tertiary/aromatic N) is 3. The molecular weight excluding hydrogens is 506 g/mol. The number of likely N-dealkylation sites (N-methyl/N-ethyl adjacent to an activating group) is 1. The number of aromatic nitrogens is 2. The van der Waals surface area contributed by atoms with Crippen molar-refractivity contribution in [1.29, 1.82) is 0 Å². The molecule has 1 aromatic heterocycles. The van der Waals surface area contributed by atoms with Crippen molar-refractivity contribution in [3.63, 3.8) is 0 Å². The standard InChI is InChI=1S/C36H39N3O2/c1-4-41-34(40)22-15-27-13-16-31(17-14-27)36(35(30-11-8-12-30)29-9-6-5-7-10-29)32-20-18-28(19-21-32)33-25-37-39(26-33)24-23-38(2)3/h5-7,9-10,13-22,25-26,30H,4,8,11-12,23-24H2,1-3H3/b22-15+,36-35-. The van der Waals surface area contributed by atoms with Gasteiger partial charge in [-0.15, -0.1) is 0 Å². The van der Waals surface area contributed by atoms with Gasteiger partial charge in [-0.3, -0.25) is 4.68 Å². The molecule has 1 saturated carbocycles. The fraction of sp³-hybridized carbons (Fsp3) is 0.278. The van der Waals surface area contributed by atoms with Gasteiger partial charge in [-0.05, 0) is 84.8 Å². The van der Waals surface area contributed by atoms with Crippen LogP contribution in [0.5, 0.6) is 0 Å². The maximum absolute atomic E-state index is 11.8. The third-order valence-corrected chi connectivity index (χ3v) is 7.68. The van der Waals surface area contributed by atoms with E-state index in [9.17, 15) is 4.79 Å². The molecule has 0 spiro atoms. The largest absolute Gasteiger partial charge is 0.463 e. The monoisotopic (exact) mass is 545 g/mol. The normalized spacial score (nSPS) is 14.2. The number of benzene rings is 3. The summed E-state index contributed by atoms with van der Waals surface area (Å²) < 4.78 is 7.04. The highest BCUT2D eigenvalue weighted by molar-refractivity contribution is 6.00. The molecule has 5 nitrogen and oxygen atoms in total. The van der Waals surface area contributed by atoms with E-state index in [2.05, 4.69) is 109 Å². The number of carbonyl (C=O) groups is 1. The zero-order chi connectivity index (χ0) is 28.6. The molecule has 210 valence electrons. The average Bonchev–Trinajstić information content (AvgIpc) is 3.44. The topological polar surface area (TPSA) is 47.4 Å². The van der Waals surface area contributed by atoms with Gasteiger partial charge in [0.25, 0.3) is 0 Å². The lowest BCUT2D eigenvalue weighted by Crippen LogP contribution is -2.18. The Hall–Kier alpha value is -4.22. The fourth-order valence-corrected chi connectivity index (χ4v) is 5.26. The van der Waals surface area contributed by atoms with Gasteiger partial charge in [-0.25, -0.2) is 4.79 Å². The van der Waals surface area contributed by atoms with Gasteiger partial charge < -0.3 is 9.64 Å². The Morgan fingerprint density at radius 1 is 0.927 bits per heavy atom. The highest BCUT2D eigenvalue weighted by Crippen LogP contribution is 2.45. The average molecular weight is 546 g/mol. The SMILES string of the molecule is CCOC(=O)/C=C/c1ccc(/C(=C(\c2ccccc2)C2CCC2)c2ccc(-c3cnn(CCN(C)C)c3)cc2)cc1. The third-order valence-electron chi connectivity index (χ3n) is 7.68. The Bertz CT molecular complexity index is 1490. The van der Waals surface area contributed by atoms with E-state index in [1.807, 2.05) is 23.9 Å². The van der Waals surface area contributed by atoms with E-state index in [4.69, 9.17) is 4.74 Å². The summed E-state index contributed by atoms with van der Waals surface area (Å²) in [6.07, 6.45) is 11.1. The molecule has 41 heavy (non-hydrogen) atoms. The summed E-state index contributed by atoms with van der Waals surface area (Å²) >= 11 is 0. The minimum Gasteiger partial charge on any atom is -0.463 e. The van der Waals surface area contributed by atoms with Crippen molar-refractivity contribution < 1.29 is 9.53 Å². The molecule has 0 unspecified atom stereocenters. The van der Waals surface area contributed by atoms with Crippen LogP contribution in [-0.2, 0) is 16.1 Å². The second kappa shape index (κ2) is 13.4. The van der Waals surface area contributed by atoms with E-state index >= 15 is 0 Å². The van der Waals surface area contributed by atoms with Gasteiger partial charge in [0.05, 0.1) is 19.3 Å². The molecule has 0 atom stereocenters. The van der Waals surface area contributed by atoms with Crippen LogP contribution in [0.15, 0.2) is 97.3 Å². The van der Waals surface area contributed by atoms with Crippen LogP contribution < -0.4 is 0 Å². The molecule has 0 aliphatic heterocycles. The molecule has 1 aliphatic rings. The lowest BCUT2D eigenvalue weighted by molar-refractivity contribution is -0.137. The van der Waals surface area contributed by atoms with Crippen molar-refractivity contribution >= 4 is 23.2 Å². The number of hydrogen-bond acceptors (Lipinski definition) is 4. The summed E-state index contributed by atoms with van der Waals surface area (Å²) in [5.41, 5.74) is 9.60. The molecular formula is C36H39N3O2. The van der Waals surface area contributed by atoms with E-state index in [0.717, 1.165) is 29.8 Å². The van der Waals surface area contributed by atoms with Gasteiger partial charge >= 0.3 is 5.97 Å². The quantitative estimate of drug-likeness (QED) is 0.112. The molecule has 3 aromatic carbocycles. The molecule has 1 fully saturated rings. The highest BCUT2D eigenvalue weighted by Gasteiger charge is 2.27. The molecule has 0 radical (unpaired) electrons. The van der Waals surface area contributed by atoms with Crippen LogP contribution in [0.1, 0.15) is 48.4 Å². The molecule has 0 amide bonds. The summed E-state index contributed by atoms with van der Waals surface area (Å²) in [4.78, 5) is 14.0. The first kappa shape index (κ1) is 28.3. The van der Waals surface area contributed by atoms with E-state index in [1.165, 1.54) is 53.2 Å². The molecule has 0 N–H and O–H groups in total. The minimum absolute atomic E-state index is 0.322. The number of esters is 1. The Balaban J connectivity index is 1.52. The van der Waals surface area contributed by atoms with Crippen molar-refractivity contribution in [3.05, 3.63) is 120 Å². The maximum Gasteiger partial charge on any atom is 0.330 e. The van der Waals surface area contributed by atoms with Crippen molar-refractivity contribution in [2.75, 3.05) is 27.2 Å². The van der Waals surface area contributed by atoms with E-state index in [-0.39, 0.29) is 5.97 Å². The van der Waals surface area contributed by atoms with Crippen molar-refractivity contribution in [1.82, 2.24) is 14.7 Å². The Morgan fingerprint density at radius 3 is 2.22 bits per heavy atom. The zero-order valence-corrected chi connectivity index (χ0v) is 24.3. The highest BCUT2D eigenvalue weighted by atomic mass is 16.5. The summed E-state index contributed by atoms with van der Waals surface area (Å²) in [5, 5.41) is 4.57. The van der Waals surface area contributed by atoms with Gasteiger partial charge in [-0.2, -0.15) is 5.10 Å². The van der Waals surface area contributed by atoms with Crippen LogP contribution in [0, 0.1) is 5.92 Å². The van der Waals surface area contributed by atoms with Crippen LogP contribution in [0.2, 0.25) is 0 Å². The lowest BCUT2D eigenvalue weighted by Gasteiger charge is -2.31.